The van der Waals surface area contributed by atoms with Crippen LogP contribution >= 0.6 is 11.3 Å². The van der Waals surface area contributed by atoms with Crippen LogP contribution in [0.2, 0.25) is 0 Å². The Labute approximate surface area is 169 Å². The predicted molar refractivity (Wildman–Crippen MR) is 118 cm³/mol. The molecule has 2 aromatic heterocycles. The number of nitrogens with two attached hydrogens (primary N) is 1. The van der Waals surface area contributed by atoms with Crippen molar-refractivity contribution in [3.8, 4) is 11.3 Å². The SMILES string of the molecule is NC(Cc1c[nH]c2ccccc12)c1nc(-c2ccc(N3CCCC3)cc2)cs1. The number of fused-ring (bicyclic) bond motifs is 1. The number of aromatic amines is 1. The Kier molecular flexibility index (Phi) is 4.63. The van der Waals surface area contributed by atoms with E-state index in [0.717, 1.165) is 28.2 Å². The summed E-state index contributed by atoms with van der Waals surface area (Å²) in [7, 11) is 0. The number of nitrogens with zero attached hydrogens (tertiary/aromatic N) is 2. The molecule has 4 aromatic rings. The van der Waals surface area contributed by atoms with Gasteiger partial charge in [0.25, 0.3) is 0 Å². The molecular weight excluding hydrogens is 364 g/mol. The fourth-order valence-corrected chi connectivity index (χ4v) is 4.86. The average molecular weight is 389 g/mol. The van der Waals surface area contributed by atoms with Gasteiger partial charge < -0.3 is 15.6 Å². The highest BCUT2D eigenvalue weighted by Gasteiger charge is 2.16. The van der Waals surface area contributed by atoms with Gasteiger partial charge in [0.05, 0.1) is 11.7 Å². The first kappa shape index (κ1) is 17.5. The topological polar surface area (TPSA) is 57.9 Å². The second kappa shape index (κ2) is 7.41. The highest BCUT2D eigenvalue weighted by molar-refractivity contribution is 7.10. The van der Waals surface area contributed by atoms with E-state index in [-0.39, 0.29) is 6.04 Å². The first-order valence-corrected chi connectivity index (χ1v) is 10.8. The Morgan fingerprint density at radius 3 is 2.68 bits per heavy atom. The quantitative estimate of drug-likeness (QED) is 0.498. The average Bonchev–Trinajstić information content (AvgIpc) is 3.49. The van der Waals surface area contributed by atoms with E-state index in [2.05, 4.69) is 63.9 Å². The zero-order valence-corrected chi connectivity index (χ0v) is 16.6. The minimum atomic E-state index is -0.0955. The lowest BCUT2D eigenvalue weighted by atomic mass is 10.1. The number of rotatable bonds is 5. The predicted octanol–water partition coefficient (Wildman–Crippen LogP) is 5.13. The van der Waals surface area contributed by atoms with Crippen molar-refractivity contribution in [2.75, 3.05) is 18.0 Å². The Bertz CT molecular complexity index is 1070. The first-order chi connectivity index (χ1) is 13.8. The van der Waals surface area contributed by atoms with Gasteiger partial charge in [-0.25, -0.2) is 4.98 Å². The smallest absolute Gasteiger partial charge is 0.110 e. The molecule has 5 heteroatoms. The molecule has 142 valence electrons. The minimum Gasteiger partial charge on any atom is -0.372 e. The van der Waals surface area contributed by atoms with Gasteiger partial charge in [-0.05, 0) is 43.0 Å². The Hall–Kier alpha value is -2.63. The van der Waals surface area contributed by atoms with Gasteiger partial charge in [-0.1, -0.05) is 30.3 Å². The summed E-state index contributed by atoms with van der Waals surface area (Å²) in [6, 6.07) is 17.0. The second-order valence-corrected chi connectivity index (χ2v) is 8.37. The number of aromatic nitrogens is 2. The van der Waals surface area contributed by atoms with Gasteiger partial charge in [0, 0.05) is 46.8 Å². The molecule has 0 spiro atoms. The molecule has 0 amide bonds. The molecule has 4 nitrogen and oxygen atoms in total. The standard InChI is InChI=1S/C23H24N4S/c24-20(13-17-14-25-21-6-2-1-5-19(17)21)23-26-22(15-28-23)16-7-9-18(10-8-16)27-11-3-4-12-27/h1-2,5-10,14-15,20,25H,3-4,11-13,24H2. The lowest BCUT2D eigenvalue weighted by molar-refractivity contribution is 0.719. The first-order valence-electron chi connectivity index (χ1n) is 9.89. The lowest BCUT2D eigenvalue weighted by Gasteiger charge is -2.17. The van der Waals surface area contributed by atoms with Crippen LogP contribution in [-0.4, -0.2) is 23.1 Å². The van der Waals surface area contributed by atoms with Gasteiger partial charge in [-0.2, -0.15) is 0 Å². The van der Waals surface area contributed by atoms with Crippen LogP contribution in [0.1, 0.15) is 29.5 Å². The number of H-pyrrole nitrogens is 1. The molecule has 1 atom stereocenters. The van der Waals surface area contributed by atoms with Crippen molar-refractivity contribution in [2.24, 2.45) is 5.73 Å². The third kappa shape index (κ3) is 3.32. The van der Waals surface area contributed by atoms with Crippen molar-refractivity contribution < 1.29 is 0 Å². The van der Waals surface area contributed by atoms with Gasteiger partial charge in [0.2, 0.25) is 0 Å². The van der Waals surface area contributed by atoms with Gasteiger partial charge in [0.15, 0.2) is 0 Å². The molecule has 1 aliphatic heterocycles. The van der Waals surface area contributed by atoms with E-state index >= 15 is 0 Å². The van der Waals surface area contributed by atoms with Crippen molar-refractivity contribution in [3.05, 3.63) is 70.7 Å². The second-order valence-electron chi connectivity index (χ2n) is 7.48. The minimum absolute atomic E-state index is 0.0955. The zero-order chi connectivity index (χ0) is 18.9. The van der Waals surface area contributed by atoms with E-state index in [0.29, 0.717) is 0 Å². The number of thiazole rings is 1. The molecule has 1 aliphatic rings. The molecule has 2 aromatic carbocycles. The molecule has 0 bridgehead atoms. The molecule has 0 aliphatic carbocycles. The van der Waals surface area contributed by atoms with Crippen LogP contribution in [0.15, 0.2) is 60.1 Å². The number of anilines is 1. The maximum Gasteiger partial charge on any atom is 0.110 e. The van der Waals surface area contributed by atoms with E-state index in [4.69, 9.17) is 10.7 Å². The van der Waals surface area contributed by atoms with Gasteiger partial charge in [-0.3, -0.25) is 0 Å². The summed E-state index contributed by atoms with van der Waals surface area (Å²) in [5.74, 6) is 0. The third-order valence-corrected chi connectivity index (χ3v) is 6.56. The highest BCUT2D eigenvalue weighted by Crippen LogP contribution is 2.30. The number of hydrogen-bond donors (Lipinski definition) is 2. The molecule has 5 rings (SSSR count). The molecule has 0 radical (unpaired) electrons. The Morgan fingerprint density at radius 2 is 1.86 bits per heavy atom. The van der Waals surface area contributed by atoms with Gasteiger partial charge in [0.1, 0.15) is 5.01 Å². The van der Waals surface area contributed by atoms with Crippen molar-refractivity contribution in [2.45, 2.75) is 25.3 Å². The summed E-state index contributed by atoms with van der Waals surface area (Å²) in [6.07, 6.45) is 5.44. The van der Waals surface area contributed by atoms with Crippen LogP contribution in [0.4, 0.5) is 5.69 Å². The maximum absolute atomic E-state index is 6.50. The molecular formula is C23H24N4S. The van der Waals surface area contributed by atoms with E-state index in [1.807, 2.05) is 6.07 Å². The third-order valence-electron chi connectivity index (χ3n) is 5.59. The van der Waals surface area contributed by atoms with Gasteiger partial charge >= 0.3 is 0 Å². The molecule has 3 heterocycles. The number of hydrogen-bond acceptors (Lipinski definition) is 4. The summed E-state index contributed by atoms with van der Waals surface area (Å²) < 4.78 is 0. The summed E-state index contributed by atoms with van der Waals surface area (Å²) in [4.78, 5) is 10.6. The fourth-order valence-electron chi connectivity index (χ4n) is 4.03. The molecule has 3 N–H and O–H groups in total. The van der Waals surface area contributed by atoms with Crippen LogP contribution in [0.25, 0.3) is 22.2 Å². The van der Waals surface area contributed by atoms with E-state index in [1.54, 1.807) is 11.3 Å². The monoisotopic (exact) mass is 388 g/mol. The van der Waals surface area contributed by atoms with E-state index in [1.165, 1.54) is 42.6 Å². The van der Waals surface area contributed by atoms with E-state index < -0.39 is 0 Å². The Balaban J connectivity index is 1.32. The maximum atomic E-state index is 6.50. The molecule has 28 heavy (non-hydrogen) atoms. The molecule has 1 saturated heterocycles. The largest absolute Gasteiger partial charge is 0.372 e. The summed E-state index contributed by atoms with van der Waals surface area (Å²) in [5, 5.41) is 4.35. The molecule has 0 saturated carbocycles. The van der Waals surface area contributed by atoms with Crippen LogP contribution in [0.5, 0.6) is 0 Å². The molecule has 1 fully saturated rings. The normalized spacial score (nSPS) is 15.4. The van der Waals surface area contributed by atoms with Crippen LogP contribution in [0, 0.1) is 0 Å². The Morgan fingerprint density at radius 1 is 1.07 bits per heavy atom. The molecule has 1 unspecified atom stereocenters. The summed E-state index contributed by atoms with van der Waals surface area (Å²) in [5.41, 5.74) is 12.4. The number of para-hydroxylation sites is 1. The van der Waals surface area contributed by atoms with Crippen molar-refractivity contribution in [1.82, 2.24) is 9.97 Å². The van der Waals surface area contributed by atoms with Crippen LogP contribution in [-0.2, 0) is 6.42 Å². The zero-order valence-electron chi connectivity index (χ0n) is 15.8. The highest BCUT2D eigenvalue weighted by atomic mass is 32.1. The summed E-state index contributed by atoms with van der Waals surface area (Å²) >= 11 is 1.65. The van der Waals surface area contributed by atoms with Crippen molar-refractivity contribution in [1.29, 1.82) is 0 Å². The van der Waals surface area contributed by atoms with Crippen molar-refractivity contribution in [3.63, 3.8) is 0 Å². The van der Waals surface area contributed by atoms with E-state index in [9.17, 15) is 0 Å². The van der Waals surface area contributed by atoms with Crippen molar-refractivity contribution >= 4 is 27.9 Å². The van der Waals surface area contributed by atoms with Gasteiger partial charge in [-0.15, -0.1) is 11.3 Å². The van der Waals surface area contributed by atoms with Crippen LogP contribution in [0.3, 0.4) is 0 Å². The number of nitrogens with one attached hydrogen (secondary N) is 1. The summed E-state index contributed by atoms with van der Waals surface area (Å²) in [6.45, 7) is 2.34. The number of benzene rings is 2. The fraction of sp³-hybridized carbons (Fsp3) is 0.261. The lowest BCUT2D eigenvalue weighted by Crippen LogP contribution is -2.17. The van der Waals surface area contributed by atoms with Crippen LogP contribution < -0.4 is 10.6 Å².